The smallest absolute Gasteiger partial charge is 0.475 e. The van der Waals surface area contributed by atoms with E-state index in [0.717, 1.165) is 38.8 Å². The maximum absolute atomic E-state index is 10.6. The van der Waals surface area contributed by atoms with Crippen molar-refractivity contribution in [2.24, 2.45) is 5.92 Å². The van der Waals surface area contributed by atoms with Gasteiger partial charge in [-0.2, -0.15) is 13.2 Å². The number of furan rings is 1. The summed E-state index contributed by atoms with van der Waals surface area (Å²) in [5.41, 5.74) is 1.27. The van der Waals surface area contributed by atoms with Crippen molar-refractivity contribution in [3.8, 4) is 0 Å². The molecule has 0 spiro atoms. The van der Waals surface area contributed by atoms with E-state index in [-0.39, 0.29) is 0 Å². The summed E-state index contributed by atoms with van der Waals surface area (Å²) >= 11 is 0. The molecule has 0 amide bonds. The Bertz CT molecular complexity index is 549. The van der Waals surface area contributed by atoms with Crippen LogP contribution in [0.1, 0.15) is 19.4 Å². The van der Waals surface area contributed by atoms with E-state index in [9.17, 15) is 13.2 Å². The van der Waals surface area contributed by atoms with Gasteiger partial charge in [-0.25, -0.2) is 4.79 Å². The van der Waals surface area contributed by atoms with Crippen LogP contribution in [0.4, 0.5) is 13.2 Å². The number of piperazine rings is 1. The van der Waals surface area contributed by atoms with Gasteiger partial charge in [0.15, 0.2) is 0 Å². The number of hydrogen-bond acceptors (Lipinski definition) is 5. The number of rotatable bonds is 4. The van der Waals surface area contributed by atoms with E-state index in [1.54, 1.807) is 6.26 Å². The summed E-state index contributed by atoms with van der Waals surface area (Å²) in [6.45, 7) is 10.8. The maximum Gasteiger partial charge on any atom is 0.490 e. The minimum Gasteiger partial charge on any atom is -0.475 e. The number of fused-ring (bicyclic) bond motifs is 2. The van der Waals surface area contributed by atoms with Crippen LogP contribution in [0, 0.1) is 5.92 Å². The molecule has 0 saturated carbocycles. The molecular weight excluding hydrogens is 353 g/mol. The number of nitrogens with zero attached hydrogens (tertiary/aromatic N) is 2. The minimum atomic E-state index is -5.08. The first-order valence-corrected chi connectivity index (χ1v) is 8.53. The second-order valence-corrected chi connectivity index (χ2v) is 7.06. The van der Waals surface area contributed by atoms with E-state index in [1.807, 2.05) is 6.26 Å². The zero-order valence-corrected chi connectivity index (χ0v) is 14.9. The predicted octanol–water partition coefficient (Wildman–Crippen LogP) is 2.45. The van der Waals surface area contributed by atoms with Gasteiger partial charge in [0.05, 0.1) is 25.7 Å². The highest BCUT2D eigenvalue weighted by molar-refractivity contribution is 5.73. The molecule has 3 rings (SSSR count). The predicted molar refractivity (Wildman–Crippen MR) is 87.6 cm³/mol. The molecule has 1 N–H and O–H groups in total. The summed E-state index contributed by atoms with van der Waals surface area (Å²) in [6.07, 6.45) is -1.47. The average Bonchev–Trinajstić information content (AvgIpc) is 3.00. The van der Waals surface area contributed by atoms with Crippen LogP contribution in [-0.4, -0.2) is 72.0 Å². The van der Waals surface area contributed by atoms with Crippen molar-refractivity contribution < 1.29 is 32.2 Å². The first kappa shape index (κ1) is 20.7. The van der Waals surface area contributed by atoms with Crippen LogP contribution in [0.3, 0.4) is 0 Å². The van der Waals surface area contributed by atoms with Gasteiger partial charge in [-0.1, -0.05) is 13.8 Å². The highest BCUT2D eigenvalue weighted by atomic mass is 19.4. The molecule has 0 aromatic carbocycles. The van der Waals surface area contributed by atoms with E-state index >= 15 is 0 Å². The molecule has 6 nitrogen and oxygen atoms in total. The fourth-order valence-corrected chi connectivity index (χ4v) is 3.31. The Morgan fingerprint density at radius 2 is 1.88 bits per heavy atom. The second kappa shape index (κ2) is 8.88. The van der Waals surface area contributed by atoms with Crippen LogP contribution in [0.2, 0.25) is 0 Å². The van der Waals surface area contributed by atoms with Crippen molar-refractivity contribution in [1.29, 1.82) is 0 Å². The van der Waals surface area contributed by atoms with Gasteiger partial charge in [0, 0.05) is 43.8 Å². The van der Waals surface area contributed by atoms with Crippen LogP contribution in [0.15, 0.2) is 23.0 Å². The Morgan fingerprint density at radius 1 is 1.31 bits per heavy atom. The van der Waals surface area contributed by atoms with Crippen molar-refractivity contribution >= 4 is 5.97 Å². The first-order valence-electron chi connectivity index (χ1n) is 8.53. The summed E-state index contributed by atoms with van der Waals surface area (Å²) in [5, 5.41) is 7.12. The summed E-state index contributed by atoms with van der Waals surface area (Å²) in [7, 11) is 0. The molecule has 1 aromatic rings. The Kier molecular flexibility index (Phi) is 7.08. The molecule has 9 heteroatoms. The molecule has 1 aromatic heterocycles. The van der Waals surface area contributed by atoms with E-state index in [1.165, 1.54) is 12.1 Å². The molecule has 2 fully saturated rings. The quantitative estimate of drug-likeness (QED) is 0.868. The molecule has 3 heterocycles. The van der Waals surface area contributed by atoms with Gasteiger partial charge in [0.25, 0.3) is 0 Å². The SMILES string of the molecule is CC(C)CN1C2COCC1CN(Cc1ccoc1)C2.O=C(O)C(F)(F)F. The Balaban J connectivity index is 0.000000298. The normalized spacial score (nSPS) is 24.2. The molecule has 2 aliphatic rings. The highest BCUT2D eigenvalue weighted by Crippen LogP contribution is 2.23. The Morgan fingerprint density at radius 3 is 2.31 bits per heavy atom. The molecular formula is C17H25F3N2O4. The third-order valence-electron chi connectivity index (χ3n) is 4.30. The molecule has 2 bridgehead atoms. The molecule has 2 unspecified atom stereocenters. The standard InChI is InChI=1S/C15H24N2O2.C2HF3O2/c1-12(2)5-17-14-7-16(6-13-3-4-18-9-13)8-15(17)11-19-10-14;3-2(4,5)1(6)7/h3-4,9,12,14-15H,5-8,10-11H2,1-2H3;(H,6,7). The number of carboxylic acids is 1. The number of carbonyl (C=O) groups is 1. The van der Waals surface area contributed by atoms with E-state index in [0.29, 0.717) is 12.1 Å². The lowest BCUT2D eigenvalue weighted by atomic mass is 10.0. The van der Waals surface area contributed by atoms with Crippen LogP contribution in [-0.2, 0) is 16.1 Å². The third-order valence-corrected chi connectivity index (χ3v) is 4.30. The molecule has 2 saturated heterocycles. The average molecular weight is 378 g/mol. The fourth-order valence-electron chi connectivity index (χ4n) is 3.31. The molecule has 148 valence electrons. The number of alkyl halides is 3. The fraction of sp³-hybridized carbons (Fsp3) is 0.706. The molecule has 2 aliphatic heterocycles. The molecule has 0 aliphatic carbocycles. The lowest BCUT2D eigenvalue weighted by molar-refractivity contribution is -0.192. The minimum absolute atomic E-state index is 0.557. The zero-order valence-electron chi connectivity index (χ0n) is 14.9. The zero-order chi connectivity index (χ0) is 19.3. The third kappa shape index (κ3) is 6.00. The van der Waals surface area contributed by atoms with Crippen molar-refractivity contribution in [2.45, 2.75) is 38.7 Å². The molecule has 26 heavy (non-hydrogen) atoms. The lowest BCUT2D eigenvalue weighted by Gasteiger charge is -2.50. The van der Waals surface area contributed by atoms with E-state index in [2.05, 4.69) is 29.7 Å². The van der Waals surface area contributed by atoms with Gasteiger partial charge in [0.2, 0.25) is 0 Å². The summed E-state index contributed by atoms with van der Waals surface area (Å²) < 4.78 is 42.6. The van der Waals surface area contributed by atoms with Gasteiger partial charge < -0.3 is 14.3 Å². The van der Waals surface area contributed by atoms with Gasteiger partial charge in [-0.3, -0.25) is 9.80 Å². The Labute approximate surface area is 150 Å². The van der Waals surface area contributed by atoms with Crippen LogP contribution < -0.4 is 0 Å². The van der Waals surface area contributed by atoms with Crippen molar-refractivity contribution in [1.82, 2.24) is 9.80 Å². The van der Waals surface area contributed by atoms with Crippen molar-refractivity contribution in [2.75, 3.05) is 32.8 Å². The largest absolute Gasteiger partial charge is 0.490 e. The van der Waals surface area contributed by atoms with E-state index in [4.69, 9.17) is 19.1 Å². The summed E-state index contributed by atoms with van der Waals surface area (Å²) in [5.74, 6) is -2.03. The number of ether oxygens (including phenoxy) is 1. The van der Waals surface area contributed by atoms with Crippen molar-refractivity contribution in [3.05, 3.63) is 24.2 Å². The van der Waals surface area contributed by atoms with Gasteiger partial charge >= 0.3 is 12.1 Å². The van der Waals surface area contributed by atoms with Crippen LogP contribution >= 0.6 is 0 Å². The van der Waals surface area contributed by atoms with Gasteiger partial charge in [-0.05, 0) is 12.0 Å². The van der Waals surface area contributed by atoms with Gasteiger partial charge in [-0.15, -0.1) is 0 Å². The Hall–Kier alpha value is -1.58. The van der Waals surface area contributed by atoms with Gasteiger partial charge in [0.1, 0.15) is 0 Å². The maximum atomic E-state index is 10.6. The van der Waals surface area contributed by atoms with Crippen LogP contribution in [0.25, 0.3) is 0 Å². The number of carboxylic acid groups (broad SMARTS) is 1. The number of halogens is 3. The van der Waals surface area contributed by atoms with Crippen molar-refractivity contribution in [3.63, 3.8) is 0 Å². The second-order valence-electron chi connectivity index (χ2n) is 7.06. The summed E-state index contributed by atoms with van der Waals surface area (Å²) in [6, 6.07) is 3.18. The lowest BCUT2D eigenvalue weighted by Crippen LogP contribution is -2.64. The number of aliphatic carboxylic acids is 1. The number of hydrogen-bond donors (Lipinski definition) is 1. The molecule has 2 atom stereocenters. The highest BCUT2D eigenvalue weighted by Gasteiger charge is 2.38. The number of morpholine rings is 1. The first-order chi connectivity index (χ1) is 12.2. The molecule has 0 radical (unpaired) electrons. The monoisotopic (exact) mass is 378 g/mol. The summed E-state index contributed by atoms with van der Waals surface area (Å²) in [4.78, 5) is 14.1. The van der Waals surface area contributed by atoms with Crippen LogP contribution in [0.5, 0.6) is 0 Å². The van der Waals surface area contributed by atoms with E-state index < -0.39 is 12.1 Å². The topological polar surface area (TPSA) is 66.2 Å².